The van der Waals surface area contributed by atoms with Crippen LogP contribution in [0.5, 0.6) is 0 Å². The van der Waals surface area contributed by atoms with Crippen molar-refractivity contribution in [2.24, 2.45) is 5.92 Å². The van der Waals surface area contributed by atoms with Crippen molar-refractivity contribution >= 4 is 11.9 Å². The van der Waals surface area contributed by atoms with Crippen LogP contribution in [0.25, 0.3) is 0 Å². The highest BCUT2D eigenvalue weighted by Gasteiger charge is 2.35. The maximum absolute atomic E-state index is 12.4. The zero-order valence-corrected chi connectivity index (χ0v) is 11.3. The van der Waals surface area contributed by atoms with Crippen LogP contribution in [0.4, 0.5) is 0 Å². The number of carbonyl (C=O) groups excluding carboxylic acids is 1. The van der Waals surface area contributed by atoms with Gasteiger partial charge < -0.3 is 10.0 Å². The molecule has 1 aliphatic heterocycles. The summed E-state index contributed by atoms with van der Waals surface area (Å²) in [6.07, 6.45) is 0.868. The Morgan fingerprint density at radius 1 is 1.42 bits per heavy atom. The average Bonchev–Trinajstić information content (AvgIpc) is 2.73. The summed E-state index contributed by atoms with van der Waals surface area (Å²) in [5, 5.41) is 9.05. The number of carboxylic acids is 1. The Hall–Kier alpha value is -1.84. The van der Waals surface area contributed by atoms with Gasteiger partial charge in [-0.3, -0.25) is 9.59 Å². The van der Waals surface area contributed by atoms with Gasteiger partial charge in [-0.25, -0.2) is 0 Å². The van der Waals surface area contributed by atoms with Crippen molar-refractivity contribution < 1.29 is 14.7 Å². The fourth-order valence-corrected chi connectivity index (χ4v) is 2.61. The molecular formula is C15H19NO3. The van der Waals surface area contributed by atoms with E-state index in [1.54, 1.807) is 4.90 Å². The van der Waals surface area contributed by atoms with Gasteiger partial charge in [0.15, 0.2) is 0 Å². The number of fused-ring (bicyclic) bond motifs is 1. The lowest BCUT2D eigenvalue weighted by molar-refractivity contribution is -0.138. The molecule has 1 aromatic rings. The smallest absolute Gasteiger partial charge is 0.305 e. The molecule has 0 radical (unpaired) electrons. The van der Waals surface area contributed by atoms with Crippen molar-refractivity contribution in [2.45, 2.75) is 39.3 Å². The van der Waals surface area contributed by atoms with Crippen LogP contribution < -0.4 is 0 Å². The summed E-state index contributed by atoms with van der Waals surface area (Å²) in [5.41, 5.74) is 1.70. The van der Waals surface area contributed by atoms with Crippen molar-refractivity contribution in [1.29, 1.82) is 0 Å². The Morgan fingerprint density at radius 3 is 2.68 bits per heavy atom. The molecule has 1 amide bonds. The van der Waals surface area contributed by atoms with Gasteiger partial charge in [-0.15, -0.1) is 0 Å². The van der Waals surface area contributed by atoms with Crippen LogP contribution in [0.15, 0.2) is 24.3 Å². The topological polar surface area (TPSA) is 57.6 Å². The van der Waals surface area contributed by atoms with Gasteiger partial charge in [0.1, 0.15) is 0 Å². The highest BCUT2D eigenvalue weighted by Crippen LogP contribution is 2.29. The minimum atomic E-state index is -0.853. The van der Waals surface area contributed by atoms with Crippen LogP contribution in [0, 0.1) is 5.92 Å². The summed E-state index contributed by atoms with van der Waals surface area (Å²) in [6.45, 7) is 4.55. The van der Waals surface area contributed by atoms with Crippen LogP contribution in [0.2, 0.25) is 0 Å². The first-order chi connectivity index (χ1) is 9.04. The van der Waals surface area contributed by atoms with E-state index in [1.165, 1.54) is 0 Å². The van der Waals surface area contributed by atoms with Crippen molar-refractivity contribution in [3.8, 4) is 0 Å². The van der Waals surface area contributed by atoms with E-state index >= 15 is 0 Å². The zero-order valence-electron chi connectivity index (χ0n) is 11.3. The fraction of sp³-hybridized carbons (Fsp3) is 0.467. The third-order valence-electron chi connectivity index (χ3n) is 3.93. The second-order valence-electron chi connectivity index (χ2n) is 5.14. The number of benzene rings is 1. The lowest BCUT2D eigenvalue weighted by Gasteiger charge is -2.31. The lowest BCUT2D eigenvalue weighted by atomic mass is 9.95. The Balaban J connectivity index is 2.25. The minimum Gasteiger partial charge on any atom is -0.481 e. The fourth-order valence-electron chi connectivity index (χ4n) is 2.61. The molecule has 0 spiro atoms. The summed E-state index contributed by atoms with van der Waals surface area (Å²) in [6, 6.07) is 7.26. The van der Waals surface area contributed by atoms with Gasteiger partial charge in [0.05, 0.1) is 6.42 Å². The summed E-state index contributed by atoms with van der Waals surface area (Å²) in [4.78, 5) is 25.1. The Bertz CT molecular complexity index is 498. The first-order valence-electron chi connectivity index (χ1n) is 6.65. The SMILES string of the molecule is CC[C@H](C)[C@@H](CC(=O)O)N1Cc2ccccc2C1=O. The van der Waals surface area contributed by atoms with Gasteiger partial charge in [-0.05, 0) is 17.5 Å². The maximum atomic E-state index is 12.4. The number of aliphatic carboxylic acids is 1. The molecule has 0 saturated heterocycles. The summed E-state index contributed by atoms with van der Waals surface area (Å²) < 4.78 is 0. The minimum absolute atomic E-state index is 0.00867. The molecule has 102 valence electrons. The zero-order chi connectivity index (χ0) is 14.0. The molecule has 0 aromatic heterocycles. The van der Waals surface area contributed by atoms with E-state index in [0.717, 1.165) is 12.0 Å². The number of hydrogen-bond acceptors (Lipinski definition) is 2. The molecule has 19 heavy (non-hydrogen) atoms. The quantitative estimate of drug-likeness (QED) is 0.886. The molecule has 1 aromatic carbocycles. The monoisotopic (exact) mass is 261 g/mol. The van der Waals surface area contributed by atoms with E-state index < -0.39 is 5.97 Å². The molecule has 0 bridgehead atoms. The largest absolute Gasteiger partial charge is 0.481 e. The molecule has 0 unspecified atom stereocenters. The van der Waals surface area contributed by atoms with Crippen LogP contribution in [-0.2, 0) is 11.3 Å². The molecule has 4 nitrogen and oxygen atoms in total. The molecule has 0 aliphatic carbocycles. The van der Waals surface area contributed by atoms with E-state index in [0.29, 0.717) is 12.1 Å². The second kappa shape index (κ2) is 5.43. The van der Waals surface area contributed by atoms with Gasteiger partial charge >= 0.3 is 5.97 Å². The first kappa shape index (κ1) is 13.6. The molecule has 1 N–H and O–H groups in total. The molecule has 0 saturated carbocycles. The highest BCUT2D eigenvalue weighted by molar-refractivity contribution is 5.98. The number of hydrogen-bond donors (Lipinski definition) is 1. The van der Waals surface area contributed by atoms with Crippen LogP contribution in [0.1, 0.15) is 42.6 Å². The molecule has 2 rings (SSSR count). The average molecular weight is 261 g/mol. The van der Waals surface area contributed by atoms with Crippen LogP contribution in [-0.4, -0.2) is 27.9 Å². The summed E-state index contributed by atoms with van der Waals surface area (Å²) >= 11 is 0. The molecule has 1 heterocycles. The maximum Gasteiger partial charge on any atom is 0.305 e. The highest BCUT2D eigenvalue weighted by atomic mass is 16.4. The normalized spacial score (nSPS) is 17.2. The van der Waals surface area contributed by atoms with E-state index in [1.807, 2.05) is 38.1 Å². The molecule has 1 aliphatic rings. The number of amides is 1. The van der Waals surface area contributed by atoms with Crippen LogP contribution in [0.3, 0.4) is 0 Å². The van der Waals surface area contributed by atoms with Crippen molar-refractivity contribution in [3.63, 3.8) is 0 Å². The van der Waals surface area contributed by atoms with E-state index in [4.69, 9.17) is 5.11 Å². The third kappa shape index (κ3) is 2.62. The predicted molar refractivity (Wildman–Crippen MR) is 71.8 cm³/mol. The summed E-state index contributed by atoms with van der Waals surface area (Å²) in [7, 11) is 0. The van der Waals surface area contributed by atoms with Gasteiger partial charge in [0.25, 0.3) is 5.91 Å². The van der Waals surface area contributed by atoms with Crippen LogP contribution >= 0.6 is 0 Å². The van der Waals surface area contributed by atoms with Gasteiger partial charge in [-0.1, -0.05) is 38.5 Å². The second-order valence-corrected chi connectivity index (χ2v) is 5.14. The lowest BCUT2D eigenvalue weighted by Crippen LogP contribution is -2.41. The molecule has 2 atom stereocenters. The molecular weight excluding hydrogens is 242 g/mol. The van der Waals surface area contributed by atoms with E-state index in [-0.39, 0.29) is 24.3 Å². The van der Waals surface area contributed by atoms with Gasteiger partial charge in [0, 0.05) is 18.2 Å². The Labute approximate surface area is 113 Å². The number of rotatable bonds is 5. The number of nitrogens with zero attached hydrogens (tertiary/aromatic N) is 1. The standard InChI is InChI=1S/C15H19NO3/c1-3-10(2)13(8-14(17)18)16-9-11-6-4-5-7-12(11)15(16)19/h4-7,10,13H,3,8-9H2,1-2H3,(H,17,18)/t10-,13+/m0/s1. The third-order valence-corrected chi connectivity index (χ3v) is 3.93. The van der Waals surface area contributed by atoms with Gasteiger partial charge in [-0.2, -0.15) is 0 Å². The number of carbonyl (C=O) groups is 2. The Kier molecular flexibility index (Phi) is 3.88. The van der Waals surface area contributed by atoms with Gasteiger partial charge in [0.2, 0.25) is 0 Å². The van der Waals surface area contributed by atoms with Crippen molar-refractivity contribution in [1.82, 2.24) is 4.90 Å². The summed E-state index contributed by atoms with van der Waals surface area (Å²) in [5.74, 6) is -0.717. The number of carboxylic acid groups (broad SMARTS) is 1. The first-order valence-corrected chi connectivity index (χ1v) is 6.65. The Morgan fingerprint density at radius 2 is 2.11 bits per heavy atom. The van der Waals surface area contributed by atoms with E-state index in [2.05, 4.69) is 0 Å². The predicted octanol–water partition coefficient (Wildman–Crippen LogP) is 2.53. The molecule has 0 fully saturated rings. The van der Waals surface area contributed by atoms with Crippen molar-refractivity contribution in [3.05, 3.63) is 35.4 Å². The van der Waals surface area contributed by atoms with E-state index in [9.17, 15) is 9.59 Å². The van der Waals surface area contributed by atoms with Crippen molar-refractivity contribution in [2.75, 3.05) is 0 Å². The molecule has 4 heteroatoms.